The standard InChI is InChI=1S/C31H32FN3O5S/c1-18-22(8-5-9-27(18)36)29(38)34-25(14-19-6-3-2-4-7-19)28(37)31(40)35-17-41-16-26(35)30(39)33-24-13-10-20-15-21(32)11-12-23(20)24/h2-9,11-12,15,24-26,28,36-37H,10,13-14,16-17H2,1H3,(H,33,39)(H,34,38)/t24-,25-,26-,28-/m0/s1. The molecule has 10 heteroatoms. The molecule has 5 rings (SSSR count). The van der Waals surface area contributed by atoms with Crippen LogP contribution in [0.25, 0.3) is 0 Å². The van der Waals surface area contributed by atoms with Crippen molar-refractivity contribution in [2.45, 2.75) is 50.4 Å². The first-order valence-electron chi connectivity index (χ1n) is 13.5. The number of rotatable bonds is 8. The molecule has 3 aromatic rings. The summed E-state index contributed by atoms with van der Waals surface area (Å²) >= 11 is 1.41. The summed E-state index contributed by atoms with van der Waals surface area (Å²) < 4.78 is 13.6. The number of nitrogens with one attached hydrogen (secondary N) is 2. The van der Waals surface area contributed by atoms with Gasteiger partial charge in [0.05, 0.1) is 18.0 Å². The summed E-state index contributed by atoms with van der Waals surface area (Å²) in [6, 6.07) is 16.2. The van der Waals surface area contributed by atoms with Gasteiger partial charge in [-0.2, -0.15) is 0 Å². The molecule has 1 saturated heterocycles. The number of aliphatic hydroxyl groups excluding tert-OH is 1. The van der Waals surface area contributed by atoms with Crippen molar-refractivity contribution in [2.75, 3.05) is 11.6 Å². The van der Waals surface area contributed by atoms with Crippen molar-refractivity contribution in [1.29, 1.82) is 0 Å². The van der Waals surface area contributed by atoms with Crippen LogP contribution in [0.5, 0.6) is 5.75 Å². The minimum atomic E-state index is -1.62. The Morgan fingerprint density at radius 3 is 2.66 bits per heavy atom. The number of aliphatic hydroxyl groups is 1. The number of amides is 3. The minimum Gasteiger partial charge on any atom is -0.508 e. The molecule has 4 N–H and O–H groups in total. The highest BCUT2D eigenvalue weighted by Crippen LogP contribution is 2.32. The van der Waals surface area contributed by atoms with E-state index in [2.05, 4.69) is 10.6 Å². The lowest BCUT2D eigenvalue weighted by Gasteiger charge is -2.30. The van der Waals surface area contributed by atoms with Gasteiger partial charge in [0, 0.05) is 16.9 Å². The van der Waals surface area contributed by atoms with Crippen molar-refractivity contribution in [3.8, 4) is 5.75 Å². The molecule has 0 unspecified atom stereocenters. The molecule has 41 heavy (non-hydrogen) atoms. The molecule has 0 radical (unpaired) electrons. The molecule has 2 aliphatic rings. The summed E-state index contributed by atoms with van der Waals surface area (Å²) in [5, 5.41) is 27.2. The Morgan fingerprint density at radius 1 is 1.10 bits per heavy atom. The summed E-state index contributed by atoms with van der Waals surface area (Å²) in [6.07, 6.45) is -0.162. The summed E-state index contributed by atoms with van der Waals surface area (Å²) in [6.45, 7) is 1.61. The van der Waals surface area contributed by atoms with E-state index >= 15 is 0 Å². The Kier molecular flexibility index (Phi) is 8.60. The Labute approximate surface area is 241 Å². The van der Waals surface area contributed by atoms with Crippen molar-refractivity contribution in [3.63, 3.8) is 0 Å². The Bertz CT molecular complexity index is 1450. The number of nitrogens with zero attached hydrogens (tertiary/aromatic N) is 1. The van der Waals surface area contributed by atoms with Crippen LogP contribution in [0, 0.1) is 12.7 Å². The number of hydrogen-bond acceptors (Lipinski definition) is 6. The van der Waals surface area contributed by atoms with E-state index in [9.17, 15) is 29.0 Å². The van der Waals surface area contributed by atoms with Crippen LogP contribution in [0.4, 0.5) is 4.39 Å². The molecule has 3 aromatic carbocycles. The number of carbonyl (C=O) groups is 3. The first-order chi connectivity index (χ1) is 19.7. The van der Waals surface area contributed by atoms with Gasteiger partial charge in [0.25, 0.3) is 11.8 Å². The molecule has 0 spiro atoms. The summed E-state index contributed by atoms with van der Waals surface area (Å²) in [4.78, 5) is 41.6. The monoisotopic (exact) mass is 577 g/mol. The molecule has 3 amide bonds. The molecule has 8 nitrogen and oxygen atoms in total. The Balaban J connectivity index is 1.32. The zero-order valence-electron chi connectivity index (χ0n) is 22.5. The number of fused-ring (bicyclic) bond motifs is 1. The molecule has 1 heterocycles. The first kappa shape index (κ1) is 28.6. The van der Waals surface area contributed by atoms with Crippen LogP contribution in [0.15, 0.2) is 66.7 Å². The fourth-order valence-electron chi connectivity index (χ4n) is 5.45. The minimum absolute atomic E-state index is 0.0353. The van der Waals surface area contributed by atoms with E-state index in [0.717, 1.165) is 16.7 Å². The molecular weight excluding hydrogens is 545 g/mol. The number of carbonyl (C=O) groups excluding carboxylic acids is 3. The van der Waals surface area contributed by atoms with Gasteiger partial charge in [-0.3, -0.25) is 14.4 Å². The van der Waals surface area contributed by atoms with Crippen molar-refractivity contribution < 1.29 is 29.0 Å². The molecule has 0 bridgehead atoms. The molecule has 1 fully saturated rings. The summed E-state index contributed by atoms with van der Waals surface area (Å²) in [5.74, 6) is -1.29. The van der Waals surface area contributed by atoms with Crippen LogP contribution in [0.2, 0.25) is 0 Å². The van der Waals surface area contributed by atoms with Gasteiger partial charge in [-0.25, -0.2) is 4.39 Å². The van der Waals surface area contributed by atoms with Crippen LogP contribution in [-0.4, -0.2) is 62.7 Å². The number of aryl methyl sites for hydroxylation is 1. The van der Waals surface area contributed by atoms with Gasteiger partial charge in [0.15, 0.2) is 6.10 Å². The third kappa shape index (κ3) is 6.23. The van der Waals surface area contributed by atoms with Gasteiger partial charge in [-0.05, 0) is 67.1 Å². The average Bonchev–Trinajstić information content (AvgIpc) is 3.61. The lowest BCUT2D eigenvalue weighted by molar-refractivity contribution is -0.146. The van der Waals surface area contributed by atoms with Crippen molar-refractivity contribution in [1.82, 2.24) is 15.5 Å². The number of aromatic hydroxyl groups is 1. The quantitative estimate of drug-likeness (QED) is 0.327. The Hall–Kier alpha value is -3.89. The topological polar surface area (TPSA) is 119 Å². The number of benzene rings is 3. The zero-order chi connectivity index (χ0) is 29.1. The maximum absolute atomic E-state index is 13.7. The lowest BCUT2D eigenvalue weighted by atomic mass is 9.98. The maximum Gasteiger partial charge on any atom is 0.254 e. The third-order valence-corrected chi connectivity index (χ3v) is 8.78. The van der Waals surface area contributed by atoms with Gasteiger partial charge in [0.2, 0.25) is 5.91 Å². The highest BCUT2D eigenvalue weighted by atomic mass is 32.2. The van der Waals surface area contributed by atoms with Crippen molar-refractivity contribution >= 4 is 29.5 Å². The number of hydrogen-bond donors (Lipinski definition) is 4. The van der Waals surface area contributed by atoms with Crippen LogP contribution < -0.4 is 10.6 Å². The molecule has 4 atom stereocenters. The second kappa shape index (κ2) is 12.3. The number of thioether (sulfide) groups is 1. The van der Waals surface area contributed by atoms with E-state index in [1.165, 1.54) is 34.9 Å². The van der Waals surface area contributed by atoms with Crippen LogP contribution in [-0.2, 0) is 22.4 Å². The fraction of sp³-hybridized carbons (Fsp3) is 0.323. The predicted octanol–water partition coefficient (Wildman–Crippen LogP) is 3.25. The van der Waals surface area contributed by atoms with Crippen molar-refractivity contribution in [3.05, 3.63) is 100 Å². The largest absolute Gasteiger partial charge is 0.508 e. The van der Waals surface area contributed by atoms with Gasteiger partial charge < -0.3 is 25.7 Å². The van der Waals surface area contributed by atoms with Gasteiger partial charge in [-0.1, -0.05) is 42.5 Å². The number of halogens is 1. The SMILES string of the molecule is Cc1c(O)cccc1C(=O)N[C@@H](Cc1ccccc1)[C@H](O)C(=O)N1CSC[C@H]1C(=O)N[C@H]1CCc2cc(F)ccc21. The second-order valence-corrected chi connectivity index (χ2v) is 11.4. The average molecular weight is 578 g/mol. The molecule has 0 aromatic heterocycles. The predicted molar refractivity (Wildman–Crippen MR) is 154 cm³/mol. The second-order valence-electron chi connectivity index (χ2n) is 10.4. The van der Waals surface area contributed by atoms with Crippen LogP contribution in [0.3, 0.4) is 0 Å². The van der Waals surface area contributed by atoms with E-state index in [0.29, 0.717) is 24.2 Å². The Morgan fingerprint density at radius 2 is 1.88 bits per heavy atom. The first-order valence-corrected chi connectivity index (χ1v) is 14.7. The van der Waals surface area contributed by atoms with Crippen LogP contribution in [0.1, 0.15) is 45.1 Å². The number of phenolic OH excluding ortho intramolecular Hbond substituents is 1. The highest BCUT2D eigenvalue weighted by molar-refractivity contribution is 7.99. The third-order valence-electron chi connectivity index (χ3n) is 7.77. The maximum atomic E-state index is 13.7. The summed E-state index contributed by atoms with van der Waals surface area (Å²) in [5.41, 5.74) is 3.15. The van der Waals surface area contributed by atoms with Crippen molar-refractivity contribution in [2.24, 2.45) is 0 Å². The van der Waals surface area contributed by atoms with Gasteiger partial charge in [0.1, 0.15) is 17.6 Å². The fourth-order valence-corrected chi connectivity index (χ4v) is 6.61. The van der Waals surface area contributed by atoms with E-state index < -0.39 is 30.0 Å². The zero-order valence-corrected chi connectivity index (χ0v) is 23.4. The normalized spacial score (nSPS) is 19.3. The van der Waals surface area contributed by atoms with E-state index in [1.54, 1.807) is 25.1 Å². The molecule has 1 aliphatic heterocycles. The van der Waals surface area contributed by atoms with E-state index in [1.807, 2.05) is 30.3 Å². The van der Waals surface area contributed by atoms with E-state index in [4.69, 9.17) is 0 Å². The molecular formula is C31H32FN3O5S. The number of phenols is 1. The van der Waals surface area contributed by atoms with Gasteiger partial charge in [-0.15, -0.1) is 11.8 Å². The lowest BCUT2D eigenvalue weighted by Crippen LogP contribution is -2.56. The summed E-state index contributed by atoms with van der Waals surface area (Å²) in [7, 11) is 0. The van der Waals surface area contributed by atoms with Crippen LogP contribution >= 0.6 is 11.8 Å². The molecule has 0 saturated carbocycles. The molecule has 1 aliphatic carbocycles. The molecule has 214 valence electrons. The van der Waals surface area contributed by atoms with E-state index in [-0.39, 0.29) is 41.4 Å². The smallest absolute Gasteiger partial charge is 0.254 e. The van der Waals surface area contributed by atoms with Gasteiger partial charge >= 0.3 is 0 Å². The highest BCUT2D eigenvalue weighted by Gasteiger charge is 2.41.